The lowest BCUT2D eigenvalue weighted by Gasteiger charge is -2.05. The van der Waals surface area contributed by atoms with Crippen LogP contribution >= 0.6 is 11.8 Å². The summed E-state index contributed by atoms with van der Waals surface area (Å²) >= 11 is 1.51. The van der Waals surface area contributed by atoms with Crippen molar-refractivity contribution < 1.29 is 8.42 Å². The molecule has 1 aliphatic carbocycles. The second kappa shape index (κ2) is 5.29. The first-order valence-electron chi connectivity index (χ1n) is 5.53. The SMILES string of the molecule is Nc1cccc(SCCS(=O)(=O)NC2CC2)c1. The third kappa shape index (κ3) is 4.57. The van der Waals surface area contributed by atoms with E-state index in [9.17, 15) is 8.42 Å². The summed E-state index contributed by atoms with van der Waals surface area (Å²) in [5.41, 5.74) is 6.35. The van der Waals surface area contributed by atoms with Crippen LogP contribution in [0.1, 0.15) is 12.8 Å². The predicted octanol–water partition coefficient (Wildman–Crippen LogP) is 1.44. The second-order valence-electron chi connectivity index (χ2n) is 4.13. The smallest absolute Gasteiger partial charge is 0.212 e. The van der Waals surface area contributed by atoms with Gasteiger partial charge in [0, 0.05) is 22.4 Å². The maximum atomic E-state index is 11.6. The molecule has 1 aromatic carbocycles. The van der Waals surface area contributed by atoms with E-state index in [2.05, 4.69) is 4.72 Å². The molecule has 0 heterocycles. The molecule has 4 nitrogen and oxygen atoms in total. The molecule has 6 heteroatoms. The Morgan fingerprint density at radius 3 is 2.82 bits per heavy atom. The van der Waals surface area contributed by atoms with Gasteiger partial charge in [0.2, 0.25) is 10.0 Å². The minimum atomic E-state index is -3.10. The van der Waals surface area contributed by atoms with Crippen LogP contribution in [-0.2, 0) is 10.0 Å². The van der Waals surface area contributed by atoms with E-state index in [-0.39, 0.29) is 11.8 Å². The van der Waals surface area contributed by atoms with Gasteiger partial charge >= 0.3 is 0 Å². The summed E-state index contributed by atoms with van der Waals surface area (Å²) in [4.78, 5) is 1.01. The number of hydrogen-bond donors (Lipinski definition) is 2. The van der Waals surface area contributed by atoms with E-state index in [0.29, 0.717) is 11.4 Å². The summed E-state index contributed by atoms with van der Waals surface area (Å²) in [7, 11) is -3.10. The van der Waals surface area contributed by atoms with Crippen LogP contribution in [0.25, 0.3) is 0 Å². The summed E-state index contributed by atoms with van der Waals surface area (Å²) in [6.07, 6.45) is 1.95. The number of anilines is 1. The van der Waals surface area contributed by atoms with Gasteiger partial charge in [0.1, 0.15) is 0 Å². The molecular weight excluding hydrogens is 256 g/mol. The first kappa shape index (κ1) is 12.7. The van der Waals surface area contributed by atoms with E-state index in [0.717, 1.165) is 17.7 Å². The minimum absolute atomic E-state index is 0.156. The van der Waals surface area contributed by atoms with Crippen molar-refractivity contribution in [3.8, 4) is 0 Å². The van der Waals surface area contributed by atoms with Gasteiger partial charge in [-0.15, -0.1) is 11.8 Å². The highest BCUT2D eigenvalue weighted by Gasteiger charge is 2.26. The average Bonchev–Trinajstić information content (AvgIpc) is 3.00. The first-order valence-corrected chi connectivity index (χ1v) is 8.17. The van der Waals surface area contributed by atoms with E-state index in [1.54, 1.807) is 0 Å². The first-order chi connectivity index (χ1) is 8.05. The van der Waals surface area contributed by atoms with Crippen LogP contribution in [0.2, 0.25) is 0 Å². The highest BCUT2D eigenvalue weighted by Crippen LogP contribution is 2.22. The fourth-order valence-electron chi connectivity index (χ4n) is 1.39. The molecule has 0 amide bonds. The lowest BCUT2D eigenvalue weighted by molar-refractivity contribution is 0.582. The fraction of sp³-hybridized carbons (Fsp3) is 0.455. The van der Waals surface area contributed by atoms with E-state index in [1.807, 2.05) is 24.3 Å². The van der Waals surface area contributed by atoms with Crippen molar-refractivity contribution >= 4 is 27.5 Å². The van der Waals surface area contributed by atoms with Crippen LogP contribution in [0.3, 0.4) is 0 Å². The number of benzene rings is 1. The number of thioether (sulfide) groups is 1. The summed E-state index contributed by atoms with van der Waals surface area (Å²) in [6.45, 7) is 0. The monoisotopic (exact) mass is 272 g/mol. The van der Waals surface area contributed by atoms with Crippen LogP contribution in [0.15, 0.2) is 29.2 Å². The largest absolute Gasteiger partial charge is 0.399 e. The van der Waals surface area contributed by atoms with E-state index < -0.39 is 10.0 Å². The molecule has 0 bridgehead atoms. The Kier molecular flexibility index (Phi) is 3.96. The third-order valence-electron chi connectivity index (χ3n) is 2.40. The predicted molar refractivity (Wildman–Crippen MR) is 71.5 cm³/mol. The second-order valence-corrected chi connectivity index (χ2v) is 7.17. The van der Waals surface area contributed by atoms with Crippen molar-refractivity contribution in [1.29, 1.82) is 0 Å². The third-order valence-corrected chi connectivity index (χ3v) is 5.09. The zero-order valence-electron chi connectivity index (χ0n) is 9.43. The molecule has 0 spiro atoms. The van der Waals surface area contributed by atoms with Gasteiger partial charge in [-0.25, -0.2) is 13.1 Å². The number of nitrogens with two attached hydrogens (primary N) is 1. The molecule has 94 valence electrons. The molecule has 1 aliphatic rings. The fourth-order valence-corrected chi connectivity index (χ4v) is 4.09. The van der Waals surface area contributed by atoms with Gasteiger partial charge in [-0.2, -0.15) is 0 Å². The number of rotatable bonds is 6. The maximum Gasteiger partial charge on any atom is 0.212 e. The molecule has 1 saturated carbocycles. The number of nitrogens with one attached hydrogen (secondary N) is 1. The van der Waals surface area contributed by atoms with Crippen molar-refractivity contribution in [3.63, 3.8) is 0 Å². The zero-order valence-corrected chi connectivity index (χ0v) is 11.1. The number of hydrogen-bond acceptors (Lipinski definition) is 4. The number of nitrogen functional groups attached to an aromatic ring is 1. The molecule has 1 fully saturated rings. The summed E-state index contributed by atoms with van der Waals surface area (Å²) in [6, 6.07) is 7.66. The van der Waals surface area contributed by atoms with Gasteiger partial charge in [0.15, 0.2) is 0 Å². The molecule has 0 saturated heterocycles. The highest BCUT2D eigenvalue weighted by molar-refractivity contribution is 8.00. The molecule has 0 unspecified atom stereocenters. The number of sulfonamides is 1. The Labute approximate surface area is 106 Å². The summed E-state index contributed by atoms with van der Waals surface area (Å²) in [5.74, 6) is 0.703. The van der Waals surface area contributed by atoms with Gasteiger partial charge in [0.05, 0.1) is 5.75 Å². The van der Waals surface area contributed by atoms with Crippen molar-refractivity contribution in [3.05, 3.63) is 24.3 Å². The van der Waals surface area contributed by atoms with Gasteiger partial charge in [0.25, 0.3) is 0 Å². The Morgan fingerprint density at radius 2 is 2.18 bits per heavy atom. The molecule has 0 radical (unpaired) electrons. The highest BCUT2D eigenvalue weighted by atomic mass is 32.2. The standard InChI is InChI=1S/C11H16N2O2S2/c12-9-2-1-3-11(8-9)16-6-7-17(14,15)13-10-4-5-10/h1-3,8,10,13H,4-7,12H2. The van der Waals surface area contributed by atoms with Crippen molar-refractivity contribution in [2.45, 2.75) is 23.8 Å². The molecule has 0 atom stereocenters. The molecule has 0 aliphatic heterocycles. The van der Waals surface area contributed by atoms with Gasteiger partial charge in [-0.05, 0) is 31.0 Å². The normalized spacial score (nSPS) is 16.0. The topological polar surface area (TPSA) is 72.2 Å². The van der Waals surface area contributed by atoms with Gasteiger partial charge < -0.3 is 5.73 Å². The Hall–Kier alpha value is -0.720. The van der Waals surface area contributed by atoms with Gasteiger partial charge in [-0.1, -0.05) is 6.07 Å². The summed E-state index contributed by atoms with van der Waals surface area (Å²) < 4.78 is 25.8. The lowest BCUT2D eigenvalue weighted by Crippen LogP contribution is -2.29. The molecule has 2 rings (SSSR count). The molecule has 1 aromatic rings. The Morgan fingerprint density at radius 1 is 1.41 bits per heavy atom. The lowest BCUT2D eigenvalue weighted by atomic mass is 10.3. The van der Waals surface area contributed by atoms with Crippen molar-refractivity contribution in [2.75, 3.05) is 17.2 Å². The van der Waals surface area contributed by atoms with E-state index in [4.69, 9.17) is 5.73 Å². The van der Waals surface area contributed by atoms with Crippen LogP contribution in [-0.4, -0.2) is 26.0 Å². The summed E-state index contributed by atoms with van der Waals surface area (Å²) in [5, 5.41) is 0. The maximum absolute atomic E-state index is 11.6. The van der Waals surface area contributed by atoms with Crippen LogP contribution in [0.5, 0.6) is 0 Å². The van der Waals surface area contributed by atoms with Crippen molar-refractivity contribution in [1.82, 2.24) is 4.72 Å². The van der Waals surface area contributed by atoms with Crippen LogP contribution < -0.4 is 10.5 Å². The Balaban J connectivity index is 1.78. The average molecular weight is 272 g/mol. The quantitative estimate of drug-likeness (QED) is 0.607. The van der Waals surface area contributed by atoms with Gasteiger partial charge in [-0.3, -0.25) is 0 Å². The molecule has 3 N–H and O–H groups in total. The minimum Gasteiger partial charge on any atom is -0.399 e. The van der Waals surface area contributed by atoms with Crippen LogP contribution in [0, 0.1) is 0 Å². The molecule has 17 heavy (non-hydrogen) atoms. The Bertz CT molecular complexity index is 484. The van der Waals surface area contributed by atoms with Crippen molar-refractivity contribution in [2.24, 2.45) is 0 Å². The van der Waals surface area contributed by atoms with Crippen LogP contribution in [0.4, 0.5) is 5.69 Å². The van der Waals surface area contributed by atoms with E-state index in [1.165, 1.54) is 11.8 Å². The zero-order chi connectivity index (χ0) is 12.3. The van der Waals surface area contributed by atoms with E-state index >= 15 is 0 Å². The molecular formula is C11H16N2O2S2. The molecule has 0 aromatic heterocycles.